The number of aromatic nitrogens is 3. The Morgan fingerprint density at radius 1 is 1.40 bits per heavy atom. The molecule has 7 heteroatoms. The van der Waals surface area contributed by atoms with E-state index in [1.807, 2.05) is 0 Å². The van der Waals surface area contributed by atoms with E-state index in [9.17, 15) is 13.6 Å². The molecule has 0 aliphatic rings. The Hall–Kier alpha value is -2.31. The van der Waals surface area contributed by atoms with Crippen LogP contribution in [-0.4, -0.2) is 27.3 Å². The minimum absolute atomic E-state index is 0.0770. The molecule has 1 aromatic carbocycles. The van der Waals surface area contributed by atoms with Gasteiger partial charge in [-0.3, -0.25) is 4.68 Å². The van der Waals surface area contributed by atoms with Crippen molar-refractivity contribution in [2.45, 2.75) is 13.3 Å². The predicted octanol–water partition coefficient (Wildman–Crippen LogP) is 1.86. The standard InChI is InChI=1S/C13H13F2N3O2/c1-3-20-13(19)12-16-11(18(2)17-12)6-8-4-5-9(14)7-10(8)15/h4-5,7H,3,6H2,1-2H3. The zero-order valence-corrected chi connectivity index (χ0v) is 11.1. The SMILES string of the molecule is CCOC(=O)c1nc(Cc2ccc(F)cc2F)n(C)n1. The lowest BCUT2D eigenvalue weighted by atomic mass is 10.1. The largest absolute Gasteiger partial charge is 0.460 e. The van der Waals surface area contributed by atoms with Gasteiger partial charge in [0.05, 0.1) is 6.61 Å². The third-order valence-electron chi connectivity index (χ3n) is 2.67. The summed E-state index contributed by atoms with van der Waals surface area (Å²) in [5, 5.41) is 3.91. The first-order chi connectivity index (χ1) is 9.51. The topological polar surface area (TPSA) is 57.0 Å². The summed E-state index contributed by atoms with van der Waals surface area (Å²) < 4.78 is 32.5. The maximum absolute atomic E-state index is 13.6. The Bertz CT molecular complexity index is 641. The fourth-order valence-electron chi connectivity index (χ4n) is 1.69. The van der Waals surface area contributed by atoms with E-state index in [0.717, 1.165) is 6.07 Å². The quantitative estimate of drug-likeness (QED) is 0.803. The van der Waals surface area contributed by atoms with Gasteiger partial charge in [-0.2, -0.15) is 0 Å². The molecule has 0 fully saturated rings. The van der Waals surface area contributed by atoms with Crippen LogP contribution in [0.2, 0.25) is 0 Å². The molecule has 0 atom stereocenters. The van der Waals surface area contributed by atoms with Gasteiger partial charge < -0.3 is 4.74 Å². The van der Waals surface area contributed by atoms with Crippen LogP contribution in [0.1, 0.15) is 28.9 Å². The molecule has 1 aromatic heterocycles. The summed E-state index contributed by atoms with van der Waals surface area (Å²) in [6.45, 7) is 1.90. The van der Waals surface area contributed by atoms with Gasteiger partial charge in [-0.05, 0) is 18.6 Å². The van der Waals surface area contributed by atoms with E-state index in [2.05, 4.69) is 10.1 Å². The zero-order valence-electron chi connectivity index (χ0n) is 11.1. The summed E-state index contributed by atoms with van der Waals surface area (Å²) in [6, 6.07) is 3.31. The highest BCUT2D eigenvalue weighted by Gasteiger charge is 2.17. The van der Waals surface area contributed by atoms with Gasteiger partial charge in [-0.25, -0.2) is 18.6 Å². The van der Waals surface area contributed by atoms with Crippen molar-refractivity contribution in [1.29, 1.82) is 0 Å². The highest BCUT2D eigenvalue weighted by molar-refractivity contribution is 5.84. The van der Waals surface area contributed by atoms with Crippen LogP contribution in [0.4, 0.5) is 8.78 Å². The van der Waals surface area contributed by atoms with Crippen LogP contribution >= 0.6 is 0 Å². The first kappa shape index (κ1) is 14.1. The summed E-state index contributed by atoms with van der Waals surface area (Å²) in [5.74, 6) is -1.62. The first-order valence-electron chi connectivity index (χ1n) is 6.02. The van der Waals surface area contributed by atoms with Gasteiger partial charge in [0.2, 0.25) is 0 Å². The molecule has 0 amide bonds. The van der Waals surface area contributed by atoms with Crippen molar-refractivity contribution in [3.63, 3.8) is 0 Å². The zero-order chi connectivity index (χ0) is 14.7. The molecule has 0 saturated heterocycles. The molecule has 0 aliphatic heterocycles. The lowest BCUT2D eigenvalue weighted by molar-refractivity contribution is 0.0512. The molecule has 0 radical (unpaired) electrons. The second-order valence-electron chi connectivity index (χ2n) is 4.11. The Morgan fingerprint density at radius 2 is 2.15 bits per heavy atom. The summed E-state index contributed by atoms with van der Waals surface area (Å²) in [7, 11) is 1.59. The average Bonchev–Trinajstić information content (AvgIpc) is 2.75. The monoisotopic (exact) mass is 281 g/mol. The van der Waals surface area contributed by atoms with Crippen molar-refractivity contribution in [1.82, 2.24) is 14.8 Å². The van der Waals surface area contributed by atoms with Crippen molar-refractivity contribution in [3.8, 4) is 0 Å². The van der Waals surface area contributed by atoms with Crippen LogP contribution in [0.15, 0.2) is 18.2 Å². The lowest BCUT2D eigenvalue weighted by Crippen LogP contribution is -2.07. The van der Waals surface area contributed by atoms with Crippen LogP contribution in [0.25, 0.3) is 0 Å². The van der Waals surface area contributed by atoms with E-state index in [4.69, 9.17) is 4.74 Å². The second-order valence-corrected chi connectivity index (χ2v) is 4.11. The molecular weight excluding hydrogens is 268 g/mol. The van der Waals surface area contributed by atoms with E-state index in [-0.39, 0.29) is 24.4 Å². The van der Waals surface area contributed by atoms with Crippen molar-refractivity contribution < 1.29 is 18.3 Å². The number of hydrogen-bond acceptors (Lipinski definition) is 4. The normalized spacial score (nSPS) is 10.6. The van der Waals surface area contributed by atoms with Crippen LogP contribution in [0.3, 0.4) is 0 Å². The third-order valence-corrected chi connectivity index (χ3v) is 2.67. The molecule has 0 aliphatic carbocycles. The lowest BCUT2D eigenvalue weighted by Gasteiger charge is -2.02. The molecule has 0 unspecified atom stereocenters. The summed E-state index contributed by atoms with van der Waals surface area (Å²) in [6.07, 6.45) is 0.106. The molecule has 0 N–H and O–H groups in total. The van der Waals surface area contributed by atoms with E-state index in [0.29, 0.717) is 5.82 Å². The fraction of sp³-hybridized carbons (Fsp3) is 0.308. The molecule has 0 spiro atoms. The number of ether oxygens (including phenoxy) is 1. The molecule has 2 rings (SSSR count). The van der Waals surface area contributed by atoms with Crippen molar-refractivity contribution in [3.05, 3.63) is 47.0 Å². The Balaban J connectivity index is 2.23. The molecule has 0 saturated carbocycles. The van der Waals surface area contributed by atoms with Gasteiger partial charge in [0, 0.05) is 19.5 Å². The van der Waals surface area contributed by atoms with Crippen LogP contribution < -0.4 is 0 Å². The van der Waals surface area contributed by atoms with E-state index in [1.54, 1.807) is 14.0 Å². The smallest absolute Gasteiger partial charge is 0.378 e. The fourth-order valence-corrected chi connectivity index (χ4v) is 1.69. The maximum atomic E-state index is 13.6. The molecule has 5 nitrogen and oxygen atoms in total. The molecule has 2 aromatic rings. The van der Waals surface area contributed by atoms with Crippen LogP contribution in [0.5, 0.6) is 0 Å². The number of nitrogens with zero attached hydrogens (tertiary/aromatic N) is 3. The third kappa shape index (κ3) is 2.98. The predicted molar refractivity (Wildman–Crippen MR) is 66.1 cm³/mol. The first-order valence-corrected chi connectivity index (χ1v) is 6.02. The Kier molecular flexibility index (Phi) is 4.07. The second kappa shape index (κ2) is 5.77. The number of carbonyl (C=O) groups is 1. The Morgan fingerprint density at radius 3 is 2.80 bits per heavy atom. The van der Waals surface area contributed by atoms with Crippen LogP contribution in [-0.2, 0) is 18.2 Å². The summed E-state index contributed by atoms with van der Waals surface area (Å²) in [5.41, 5.74) is 0.275. The van der Waals surface area contributed by atoms with Gasteiger partial charge in [0.1, 0.15) is 17.5 Å². The number of benzene rings is 1. The van der Waals surface area contributed by atoms with Crippen molar-refractivity contribution in [2.75, 3.05) is 6.61 Å². The molecule has 0 bridgehead atoms. The molecule has 20 heavy (non-hydrogen) atoms. The van der Waals surface area contributed by atoms with Gasteiger partial charge in [-0.15, -0.1) is 5.10 Å². The summed E-state index contributed by atoms with van der Waals surface area (Å²) in [4.78, 5) is 15.5. The number of aryl methyl sites for hydroxylation is 1. The maximum Gasteiger partial charge on any atom is 0.378 e. The van der Waals surface area contributed by atoms with E-state index >= 15 is 0 Å². The molecule has 106 valence electrons. The number of hydrogen-bond donors (Lipinski definition) is 0. The number of esters is 1. The van der Waals surface area contributed by atoms with Crippen molar-refractivity contribution >= 4 is 5.97 Å². The van der Waals surface area contributed by atoms with Crippen LogP contribution in [0, 0.1) is 11.6 Å². The van der Waals surface area contributed by atoms with Crippen molar-refractivity contribution in [2.24, 2.45) is 7.05 Å². The van der Waals surface area contributed by atoms with Gasteiger partial charge in [0.25, 0.3) is 5.82 Å². The Labute approximate surface area is 114 Å². The molecular formula is C13H13F2N3O2. The highest BCUT2D eigenvalue weighted by atomic mass is 19.1. The van der Waals surface area contributed by atoms with Gasteiger partial charge >= 0.3 is 5.97 Å². The van der Waals surface area contributed by atoms with Gasteiger partial charge in [0.15, 0.2) is 0 Å². The summed E-state index contributed by atoms with van der Waals surface area (Å²) >= 11 is 0. The highest BCUT2D eigenvalue weighted by Crippen LogP contribution is 2.13. The molecule has 1 heterocycles. The van der Waals surface area contributed by atoms with E-state index in [1.165, 1.54) is 16.8 Å². The minimum Gasteiger partial charge on any atom is -0.460 e. The number of halogens is 2. The van der Waals surface area contributed by atoms with E-state index < -0.39 is 17.6 Å². The number of carbonyl (C=O) groups excluding carboxylic acids is 1. The van der Waals surface area contributed by atoms with Gasteiger partial charge in [-0.1, -0.05) is 6.07 Å². The average molecular weight is 281 g/mol. The minimum atomic E-state index is -0.661. The number of rotatable bonds is 4.